The minimum atomic E-state index is 1.02. The summed E-state index contributed by atoms with van der Waals surface area (Å²) in [6, 6.07) is 0. The molecule has 0 unspecified atom stereocenters. The van der Waals surface area contributed by atoms with Gasteiger partial charge in [-0.2, -0.15) is 0 Å². The largest absolute Gasteiger partial charge is 0.337 e. The van der Waals surface area contributed by atoms with Gasteiger partial charge in [-0.25, -0.2) is 9.97 Å². The summed E-state index contributed by atoms with van der Waals surface area (Å²) in [5.41, 5.74) is 0. The van der Waals surface area contributed by atoms with E-state index in [1.165, 1.54) is 5.82 Å². The lowest BCUT2D eigenvalue weighted by atomic mass is 10.3. The zero-order valence-corrected chi connectivity index (χ0v) is 9.71. The minimum absolute atomic E-state index is 1.02. The zero-order valence-electron chi connectivity index (χ0n) is 9.71. The molecule has 0 aliphatic heterocycles. The molecule has 0 fully saturated rings. The lowest BCUT2D eigenvalue weighted by Crippen LogP contribution is -2.05. The van der Waals surface area contributed by atoms with E-state index < -0.39 is 0 Å². The van der Waals surface area contributed by atoms with Crippen molar-refractivity contribution in [2.24, 2.45) is 0 Å². The highest BCUT2D eigenvalue weighted by atomic mass is 15.1. The van der Waals surface area contributed by atoms with Gasteiger partial charge in [0.05, 0.1) is 6.33 Å². The summed E-state index contributed by atoms with van der Waals surface area (Å²) in [5, 5.41) is 0. The van der Waals surface area contributed by atoms with Crippen molar-refractivity contribution in [2.75, 3.05) is 0 Å². The Morgan fingerprint density at radius 3 is 2.88 bits per heavy atom. The van der Waals surface area contributed by atoms with Crippen LogP contribution in [-0.4, -0.2) is 19.1 Å². The maximum Gasteiger partial charge on any atom is 0.108 e. The van der Waals surface area contributed by atoms with Crippen LogP contribution in [0.5, 0.6) is 0 Å². The smallest absolute Gasteiger partial charge is 0.108 e. The van der Waals surface area contributed by atoms with Crippen molar-refractivity contribution in [1.29, 1.82) is 0 Å². The van der Waals surface area contributed by atoms with E-state index in [1.54, 1.807) is 0 Å². The maximum absolute atomic E-state index is 4.37. The number of aryl methyl sites for hydroxylation is 3. The Kier molecular flexibility index (Phi) is 3.75. The quantitative estimate of drug-likeness (QED) is 0.744. The van der Waals surface area contributed by atoms with Gasteiger partial charge in [0.2, 0.25) is 0 Å². The van der Waals surface area contributed by atoms with Crippen molar-refractivity contribution >= 4 is 0 Å². The van der Waals surface area contributed by atoms with Gasteiger partial charge >= 0.3 is 0 Å². The Morgan fingerprint density at radius 1 is 1.19 bits per heavy atom. The third-order valence-electron chi connectivity index (χ3n) is 2.65. The van der Waals surface area contributed by atoms with Crippen molar-refractivity contribution in [3.05, 3.63) is 36.9 Å². The first kappa shape index (κ1) is 10.9. The molecule has 0 atom stereocenters. The molecule has 0 saturated carbocycles. The highest BCUT2D eigenvalue weighted by Gasteiger charge is 2.00. The molecule has 0 N–H and O–H groups in total. The molecule has 4 nitrogen and oxygen atoms in total. The van der Waals surface area contributed by atoms with Gasteiger partial charge in [0.15, 0.2) is 0 Å². The Morgan fingerprint density at radius 2 is 2.12 bits per heavy atom. The van der Waals surface area contributed by atoms with Crippen LogP contribution >= 0.6 is 0 Å². The second-order valence-corrected chi connectivity index (χ2v) is 3.94. The molecule has 16 heavy (non-hydrogen) atoms. The molecule has 2 rings (SSSR count). The normalized spacial score (nSPS) is 10.8. The van der Waals surface area contributed by atoms with Gasteiger partial charge in [0.25, 0.3) is 0 Å². The minimum Gasteiger partial charge on any atom is -0.337 e. The van der Waals surface area contributed by atoms with Crippen LogP contribution in [0.4, 0.5) is 0 Å². The third kappa shape index (κ3) is 2.72. The number of nitrogens with zero attached hydrogens (tertiary/aromatic N) is 4. The van der Waals surface area contributed by atoms with Gasteiger partial charge in [-0.1, -0.05) is 6.92 Å². The first-order chi connectivity index (χ1) is 7.90. The molecular weight excluding hydrogens is 200 g/mol. The topological polar surface area (TPSA) is 35.6 Å². The molecule has 2 aromatic heterocycles. The molecule has 0 spiro atoms. The number of rotatable bonds is 6. The summed E-state index contributed by atoms with van der Waals surface area (Å²) >= 11 is 0. The number of aromatic nitrogens is 4. The molecule has 0 saturated heterocycles. The summed E-state index contributed by atoms with van der Waals surface area (Å²) in [5.74, 6) is 1.20. The lowest BCUT2D eigenvalue weighted by molar-refractivity contribution is 0.546. The predicted octanol–water partition coefficient (Wildman–Crippen LogP) is 2.12. The van der Waals surface area contributed by atoms with Crippen LogP contribution in [0.1, 0.15) is 25.6 Å². The van der Waals surface area contributed by atoms with E-state index in [2.05, 4.69) is 32.2 Å². The van der Waals surface area contributed by atoms with Crippen molar-refractivity contribution < 1.29 is 0 Å². The maximum atomic E-state index is 4.37. The second-order valence-electron chi connectivity index (χ2n) is 3.94. The second kappa shape index (κ2) is 5.49. The van der Waals surface area contributed by atoms with Crippen molar-refractivity contribution in [2.45, 2.75) is 39.3 Å². The predicted molar refractivity (Wildman–Crippen MR) is 63.1 cm³/mol. The molecule has 86 valence electrons. The van der Waals surface area contributed by atoms with E-state index in [1.807, 2.05) is 24.9 Å². The lowest BCUT2D eigenvalue weighted by Gasteiger charge is -2.07. The van der Waals surface area contributed by atoms with Gasteiger partial charge < -0.3 is 9.13 Å². The van der Waals surface area contributed by atoms with Crippen molar-refractivity contribution in [3.8, 4) is 0 Å². The van der Waals surface area contributed by atoms with Crippen LogP contribution in [0.25, 0.3) is 0 Å². The fourth-order valence-corrected chi connectivity index (χ4v) is 1.84. The molecule has 2 aromatic rings. The van der Waals surface area contributed by atoms with Crippen LogP contribution < -0.4 is 0 Å². The van der Waals surface area contributed by atoms with Crippen LogP contribution in [0.3, 0.4) is 0 Å². The standard InChI is InChI=1S/C12H18N4/c1-2-4-12-14-6-10-16(12)8-3-7-15-9-5-13-11-15/h5-6,9-11H,2-4,7-8H2,1H3. The van der Waals surface area contributed by atoms with E-state index in [0.717, 1.165) is 32.4 Å². The van der Waals surface area contributed by atoms with Gasteiger partial charge in [-0.05, 0) is 12.8 Å². The van der Waals surface area contributed by atoms with E-state index in [-0.39, 0.29) is 0 Å². The van der Waals surface area contributed by atoms with E-state index in [0.29, 0.717) is 0 Å². The van der Waals surface area contributed by atoms with Gasteiger partial charge in [0.1, 0.15) is 5.82 Å². The monoisotopic (exact) mass is 218 g/mol. The molecule has 0 aliphatic rings. The summed E-state index contributed by atoms with van der Waals surface area (Å²) in [7, 11) is 0. The average molecular weight is 218 g/mol. The molecular formula is C12H18N4. The summed E-state index contributed by atoms with van der Waals surface area (Å²) in [4.78, 5) is 8.39. The Bertz CT molecular complexity index is 402. The first-order valence-electron chi connectivity index (χ1n) is 5.86. The Balaban J connectivity index is 1.82. The SMILES string of the molecule is CCCc1nccn1CCCn1ccnc1. The Hall–Kier alpha value is -1.58. The molecule has 0 aliphatic carbocycles. The van der Waals surface area contributed by atoms with E-state index >= 15 is 0 Å². The van der Waals surface area contributed by atoms with E-state index in [4.69, 9.17) is 0 Å². The van der Waals surface area contributed by atoms with Crippen LogP contribution in [0.2, 0.25) is 0 Å². The number of imidazole rings is 2. The summed E-state index contributed by atoms with van der Waals surface area (Å²) in [6.45, 7) is 4.24. The van der Waals surface area contributed by atoms with Gasteiger partial charge in [0, 0.05) is 44.3 Å². The summed E-state index contributed by atoms with van der Waals surface area (Å²) in [6.07, 6.45) is 13.0. The molecule has 2 heterocycles. The zero-order chi connectivity index (χ0) is 11.2. The molecule has 0 aromatic carbocycles. The third-order valence-corrected chi connectivity index (χ3v) is 2.65. The van der Waals surface area contributed by atoms with Crippen LogP contribution in [0, 0.1) is 0 Å². The van der Waals surface area contributed by atoms with Crippen LogP contribution in [-0.2, 0) is 19.5 Å². The highest BCUT2D eigenvalue weighted by Crippen LogP contribution is 2.03. The molecule has 0 radical (unpaired) electrons. The van der Waals surface area contributed by atoms with Gasteiger partial charge in [-0.3, -0.25) is 0 Å². The molecule has 4 heteroatoms. The number of hydrogen-bond donors (Lipinski definition) is 0. The average Bonchev–Trinajstić information content (AvgIpc) is 2.91. The van der Waals surface area contributed by atoms with Gasteiger partial charge in [-0.15, -0.1) is 0 Å². The number of hydrogen-bond acceptors (Lipinski definition) is 2. The van der Waals surface area contributed by atoms with E-state index in [9.17, 15) is 0 Å². The highest BCUT2D eigenvalue weighted by molar-refractivity contribution is 4.92. The first-order valence-corrected chi connectivity index (χ1v) is 5.86. The van der Waals surface area contributed by atoms with Crippen molar-refractivity contribution in [1.82, 2.24) is 19.1 Å². The summed E-state index contributed by atoms with van der Waals surface area (Å²) < 4.78 is 4.36. The fourth-order valence-electron chi connectivity index (χ4n) is 1.84. The van der Waals surface area contributed by atoms with Crippen molar-refractivity contribution in [3.63, 3.8) is 0 Å². The molecule has 0 bridgehead atoms. The fraction of sp³-hybridized carbons (Fsp3) is 0.500. The van der Waals surface area contributed by atoms with Crippen LogP contribution in [0.15, 0.2) is 31.1 Å². The Labute approximate surface area is 96.0 Å². The molecule has 0 amide bonds.